The molecule has 116 valence electrons. The first kappa shape index (κ1) is 17.3. The van der Waals surface area contributed by atoms with E-state index in [-0.39, 0.29) is 5.56 Å². The van der Waals surface area contributed by atoms with Crippen molar-refractivity contribution in [3.8, 4) is 0 Å². The van der Waals surface area contributed by atoms with Gasteiger partial charge >= 0.3 is 6.09 Å². The molecule has 0 saturated carbocycles. The van der Waals surface area contributed by atoms with Gasteiger partial charge in [-0.3, -0.25) is 0 Å². The molecule has 1 aromatic rings. The second-order valence-corrected chi connectivity index (χ2v) is 5.88. The van der Waals surface area contributed by atoms with Crippen LogP contribution in [0.4, 0.5) is 4.79 Å². The Hall–Kier alpha value is -1.79. The minimum atomic E-state index is -1.65. The molecule has 7 heteroatoms. The van der Waals surface area contributed by atoms with Crippen molar-refractivity contribution in [2.45, 2.75) is 38.5 Å². The predicted molar refractivity (Wildman–Crippen MR) is 74.6 cm³/mol. The van der Waals surface area contributed by atoms with E-state index in [9.17, 15) is 19.8 Å². The average molecular weight is 315 g/mol. The first-order chi connectivity index (χ1) is 9.60. The third kappa shape index (κ3) is 5.61. The van der Waals surface area contributed by atoms with Crippen molar-refractivity contribution in [2.24, 2.45) is 0 Å². The number of amides is 1. The Balaban J connectivity index is 2.87. The van der Waals surface area contributed by atoms with Crippen LogP contribution in [0.25, 0.3) is 0 Å². The number of carbonyl (C=O) groups excluding carboxylic acids is 2. The van der Waals surface area contributed by atoms with Gasteiger partial charge in [-0.2, -0.15) is 0 Å². The fraction of sp³-hybridized carbons (Fsp3) is 0.429. The quantitative estimate of drug-likeness (QED) is 0.864. The minimum Gasteiger partial charge on any atom is -0.548 e. The van der Waals surface area contributed by atoms with Gasteiger partial charge in [0.05, 0.1) is 5.97 Å². The van der Waals surface area contributed by atoms with Crippen LogP contribution < -0.4 is 10.4 Å². The molecule has 0 saturated heterocycles. The van der Waals surface area contributed by atoms with Crippen molar-refractivity contribution in [3.05, 3.63) is 34.9 Å². The summed E-state index contributed by atoms with van der Waals surface area (Å²) in [6.45, 7) is 4.90. The van der Waals surface area contributed by atoms with E-state index in [1.54, 1.807) is 32.9 Å². The molecular weight excluding hydrogens is 298 g/mol. The molecule has 21 heavy (non-hydrogen) atoms. The molecule has 0 aliphatic heterocycles. The fourth-order valence-electron chi connectivity index (χ4n) is 1.58. The van der Waals surface area contributed by atoms with Crippen LogP contribution in [0.3, 0.4) is 0 Å². The molecule has 0 spiro atoms. The number of benzene rings is 1. The zero-order valence-electron chi connectivity index (χ0n) is 11.9. The molecule has 0 bridgehead atoms. The Morgan fingerprint density at radius 1 is 1.38 bits per heavy atom. The average Bonchev–Trinajstić information content (AvgIpc) is 2.32. The van der Waals surface area contributed by atoms with Crippen molar-refractivity contribution in [3.63, 3.8) is 0 Å². The lowest BCUT2D eigenvalue weighted by atomic mass is 10.0. The van der Waals surface area contributed by atoms with Gasteiger partial charge in [0, 0.05) is 5.02 Å². The molecule has 2 atom stereocenters. The Labute approximate surface area is 127 Å². The number of halogens is 1. The first-order valence-electron chi connectivity index (χ1n) is 6.24. The van der Waals surface area contributed by atoms with Gasteiger partial charge in [0.2, 0.25) is 0 Å². The van der Waals surface area contributed by atoms with E-state index in [0.29, 0.717) is 5.02 Å². The molecule has 1 amide bonds. The maximum atomic E-state index is 11.6. The summed E-state index contributed by atoms with van der Waals surface area (Å²) >= 11 is 5.78. The molecule has 0 fully saturated rings. The highest BCUT2D eigenvalue weighted by Gasteiger charge is 2.26. The summed E-state index contributed by atoms with van der Waals surface area (Å²) in [5.41, 5.74) is -0.547. The van der Waals surface area contributed by atoms with Crippen molar-refractivity contribution < 1.29 is 24.5 Å². The number of hydrogen-bond donors (Lipinski definition) is 2. The molecule has 0 aromatic heterocycles. The molecule has 0 aliphatic carbocycles. The van der Waals surface area contributed by atoms with Crippen molar-refractivity contribution in [1.82, 2.24) is 5.32 Å². The molecule has 0 radical (unpaired) electrons. The number of carbonyl (C=O) groups is 2. The summed E-state index contributed by atoms with van der Waals surface area (Å²) in [7, 11) is 0. The zero-order chi connectivity index (χ0) is 16.2. The number of hydrogen-bond acceptors (Lipinski definition) is 5. The van der Waals surface area contributed by atoms with Crippen molar-refractivity contribution in [2.75, 3.05) is 0 Å². The van der Waals surface area contributed by atoms with Crippen LogP contribution in [-0.4, -0.2) is 28.8 Å². The van der Waals surface area contributed by atoms with Gasteiger partial charge < -0.3 is 25.1 Å². The van der Waals surface area contributed by atoms with Crippen LogP contribution in [0.1, 0.15) is 32.4 Å². The van der Waals surface area contributed by atoms with Gasteiger partial charge in [-0.1, -0.05) is 23.7 Å². The topological polar surface area (TPSA) is 98.7 Å². The zero-order valence-corrected chi connectivity index (χ0v) is 12.7. The van der Waals surface area contributed by atoms with Gasteiger partial charge in [-0.05, 0) is 38.5 Å². The second kappa shape index (κ2) is 6.78. The largest absolute Gasteiger partial charge is 0.548 e. The van der Waals surface area contributed by atoms with E-state index in [1.807, 2.05) is 0 Å². The summed E-state index contributed by atoms with van der Waals surface area (Å²) in [4.78, 5) is 22.7. The maximum Gasteiger partial charge on any atom is 0.408 e. The van der Waals surface area contributed by atoms with Crippen molar-refractivity contribution in [1.29, 1.82) is 0 Å². The number of nitrogens with one attached hydrogen (secondary N) is 1. The van der Waals surface area contributed by atoms with E-state index < -0.39 is 29.8 Å². The molecule has 1 aromatic carbocycles. The molecule has 2 N–H and O–H groups in total. The standard InChI is InChI=1S/C14H18ClNO5/c1-14(2,3)21-13(20)16-10(12(18)19)11(17)8-5-4-6-9(15)7-8/h4-7,10-11,17H,1-3H3,(H,16,20)(H,18,19)/p-1/t10-,11+/m1/s1. The SMILES string of the molecule is CC(C)(C)OC(=O)N[C@@H](C(=O)[O-])[C@@H](O)c1cccc(Cl)c1. The molecule has 1 rings (SSSR count). The third-order valence-electron chi connectivity index (χ3n) is 2.43. The number of aliphatic hydroxyl groups is 1. The molecule has 0 aliphatic rings. The highest BCUT2D eigenvalue weighted by Crippen LogP contribution is 2.21. The van der Waals surface area contributed by atoms with Crippen LogP contribution in [-0.2, 0) is 9.53 Å². The number of carboxylic acid groups (broad SMARTS) is 1. The van der Waals surface area contributed by atoms with Crippen LogP contribution in [0, 0.1) is 0 Å². The van der Waals surface area contributed by atoms with Gasteiger partial charge in [-0.15, -0.1) is 0 Å². The van der Waals surface area contributed by atoms with E-state index >= 15 is 0 Å². The molecule has 6 nitrogen and oxygen atoms in total. The highest BCUT2D eigenvalue weighted by molar-refractivity contribution is 6.30. The van der Waals surface area contributed by atoms with Crippen molar-refractivity contribution >= 4 is 23.7 Å². The summed E-state index contributed by atoms with van der Waals surface area (Å²) in [6.07, 6.45) is -2.47. The van der Waals surface area contributed by atoms with Crippen LogP contribution in [0.2, 0.25) is 5.02 Å². The Morgan fingerprint density at radius 3 is 2.48 bits per heavy atom. The second-order valence-electron chi connectivity index (χ2n) is 5.44. The normalized spacial score (nSPS) is 14.1. The van der Waals surface area contributed by atoms with E-state index in [4.69, 9.17) is 16.3 Å². The lowest BCUT2D eigenvalue weighted by molar-refractivity contribution is -0.310. The summed E-state index contributed by atoms with van der Waals surface area (Å²) in [5, 5.41) is 23.6. The molecule has 0 heterocycles. The maximum absolute atomic E-state index is 11.6. The summed E-state index contributed by atoms with van der Waals surface area (Å²) < 4.78 is 4.95. The van der Waals surface area contributed by atoms with Gasteiger partial charge in [-0.25, -0.2) is 4.79 Å². The lowest BCUT2D eigenvalue weighted by Crippen LogP contribution is -2.52. The number of rotatable bonds is 4. The Kier molecular flexibility index (Phi) is 5.57. The summed E-state index contributed by atoms with van der Waals surface area (Å²) in [6, 6.07) is 4.37. The van der Waals surface area contributed by atoms with Crippen LogP contribution in [0.5, 0.6) is 0 Å². The van der Waals surface area contributed by atoms with Crippen LogP contribution >= 0.6 is 11.6 Å². The fourth-order valence-corrected chi connectivity index (χ4v) is 1.78. The number of aliphatic carboxylic acids is 1. The monoisotopic (exact) mass is 314 g/mol. The van der Waals surface area contributed by atoms with Crippen LogP contribution in [0.15, 0.2) is 24.3 Å². The highest BCUT2D eigenvalue weighted by atomic mass is 35.5. The van der Waals surface area contributed by atoms with Gasteiger partial charge in [0.25, 0.3) is 0 Å². The van der Waals surface area contributed by atoms with E-state index in [0.717, 1.165) is 0 Å². The van der Waals surface area contributed by atoms with E-state index in [1.165, 1.54) is 12.1 Å². The van der Waals surface area contributed by atoms with Gasteiger partial charge in [0.1, 0.15) is 17.7 Å². The minimum absolute atomic E-state index is 0.243. The number of carboxylic acids is 1. The smallest absolute Gasteiger partial charge is 0.408 e. The number of alkyl carbamates (subject to hydrolysis) is 1. The Bertz CT molecular complexity index is 526. The lowest BCUT2D eigenvalue weighted by Gasteiger charge is -2.27. The number of aliphatic hydroxyl groups excluding tert-OH is 1. The summed E-state index contributed by atoms with van der Waals surface area (Å²) in [5.74, 6) is -1.63. The third-order valence-corrected chi connectivity index (χ3v) is 2.67. The first-order valence-corrected chi connectivity index (χ1v) is 6.62. The Morgan fingerprint density at radius 2 is 2.00 bits per heavy atom. The molecular formula is C14H17ClNO5-. The molecule has 0 unspecified atom stereocenters. The van der Waals surface area contributed by atoms with Gasteiger partial charge in [0.15, 0.2) is 0 Å². The number of ether oxygens (including phenoxy) is 1. The van der Waals surface area contributed by atoms with E-state index in [2.05, 4.69) is 5.32 Å². The predicted octanol–water partition coefficient (Wildman–Crippen LogP) is 1.02.